The summed E-state index contributed by atoms with van der Waals surface area (Å²) in [6.07, 6.45) is 1.67. The number of para-hydroxylation sites is 1. The average Bonchev–Trinajstić information content (AvgIpc) is 2.88. The van der Waals surface area contributed by atoms with Crippen LogP contribution in [0, 0.1) is 0 Å². The van der Waals surface area contributed by atoms with Crippen LogP contribution in [0.15, 0.2) is 53.4 Å². The molecule has 0 aromatic heterocycles. The van der Waals surface area contributed by atoms with Crippen molar-refractivity contribution in [2.75, 3.05) is 19.1 Å². The van der Waals surface area contributed by atoms with Crippen LogP contribution in [0.1, 0.15) is 5.56 Å². The summed E-state index contributed by atoms with van der Waals surface area (Å²) in [7, 11) is 1.56. The van der Waals surface area contributed by atoms with Crippen LogP contribution in [-0.2, 0) is 4.79 Å². The van der Waals surface area contributed by atoms with E-state index in [0.29, 0.717) is 15.7 Å². The van der Waals surface area contributed by atoms with E-state index in [1.165, 1.54) is 4.90 Å². The van der Waals surface area contributed by atoms with Crippen molar-refractivity contribution in [3.8, 4) is 5.75 Å². The summed E-state index contributed by atoms with van der Waals surface area (Å²) in [6, 6.07) is 14.4. The molecule has 0 atom stereocenters. The van der Waals surface area contributed by atoms with Crippen molar-refractivity contribution in [2.45, 2.75) is 0 Å². The minimum Gasteiger partial charge on any atom is -0.496 e. The van der Waals surface area contributed by atoms with Gasteiger partial charge in [-0.05, 0) is 48.2 Å². The third-order valence-electron chi connectivity index (χ3n) is 3.58. The molecule has 1 N–H and O–H groups in total. The Morgan fingerprint density at radius 2 is 1.88 bits per heavy atom. The number of nitrogens with zero attached hydrogens (tertiary/aromatic N) is 1. The second-order valence-corrected chi connectivity index (χ2v) is 6.62. The molecule has 5 nitrogen and oxygen atoms in total. The second-order valence-electron chi connectivity index (χ2n) is 5.19. The van der Waals surface area contributed by atoms with Crippen molar-refractivity contribution in [2.24, 2.45) is 0 Å². The highest BCUT2D eigenvalue weighted by atomic mass is 35.5. The molecule has 2 aromatic carbocycles. The number of imide groups is 1. The molecule has 0 saturated carbocycles. The van der Waals surface area contributed by atoms with Crippen LogP contribution in [0.25, 0.3) is 6.08 Å². The zero-order valence-electron chi connectivity index (χ0n) is 13.4. The molecule has 0 bridgehead atoms. The summed E-state index contributed by atoms with van der Waals surface area (Å²) in [5, 5.41) is 3.35. The third-order valence-corrected chi connectivity index (χ3v) is 4.74. The SMILES string of the molecule is COc1ccccc1/C=C1/SC(=O)N(CNc2ccc(Cl)cc2)C1=O. The van der Waals surface area contributed by atoms with E-state index in [2.05, 4.69) is 5.32 Å². The summed E-state index contributed by atoms with van der Waals surface area (Å²) in [5.74, 6) is 0.316. The maximum atomic E-state index is 12.5. The molecule has 1 aliphatic rings. The number of halogens is 1. The van der Waals surface area contributed by atoms with E-state index in [9.17, 15) is 9.59 Å². The van der Waals surface area contributed by atoms with Gasteiger partial charge in [-0.25, -0.2) is 0 Å². The monoisotopic (exact) mass is 374 g/mol. The lowest BCUT2D eigenvalue weighted by atomic mass is 10.2. The number of hydrogen-bond acceptors (Lipinski definition) is 5. The first kappa shape index (κ1) is 17.4. The first-order valence-electron chi connectivity index (χ1n) is 7.46. The Hall–Kier alpha value is -2.44. The van der Waals surface area contributed by atoms with Crippen LogP contribution in [0.3, 0.4) is 0 Å². The Bertz CT molecular complexity index is 836. The van der Waals surface area contributed by atoms with Gasteiger partial charge in [0.2, 0.25) is 0 Å². The van der Waals surface area contributed by atoms with Gasteiger partial charge in [0, 0.05) is 16.3 Å². The number of carbonyl (C=O) groups is 2. The van der Waals surface area contributed by atoms with Crippen LogP contribution in [0.2, 0.25) is 5.02 Å². The molecule has 3 rings (SSSR count). The van der Waals surface area contributed by atoms with Crippen LogP contribution >= 0.6 is 23.4 Å². The normalized spacial score (nSPS) is 15.8. The van der Waals surface area contributed by atoms with Crippen LogP contribution < -0.4 is 10.1 Å². The summed E-state index contributed by atoms with van der Waals surface area (Å²) >= 11 is 6.75. The first-order chi connectivity index (χ1) is 12.1. The number of thioether (sulfide) groups is 1. The number of hydrogen-bond donors (Lipinski definition) is 1. The van der Waals surface area contributed by atoms with Crippen molar-refractivity contribution >= 4 is 46.3 Å². The lowest BCUT2D eigenvalue weighted by Gasteiger charge is -2.14. The predicted octanol–water partition coefficient (Wildman–Crippen LogP) is 4.45. The average molecular weight is 375 g/mol. The Morgan fingerprint density at radius 3 is 2.60 bits per heavy atom. The van der Waals surface area contributed by atoms with Crippen molar-refractivity contribution in [1.82, 2.24) is 4.90 Å². The number of amides is 2. The van der Waals surface area contributed by atoms with E-state index in [-0.39, 0.29) is 17.8 Å². The molecular formula is C18H15ClN2O3S. The van der Waals surface area contributed by atoms with Crippen LogP contribution in [0.5, 0.6) is 5.75 Å². The van der Waals surface area contributed by atoms with Gasteiger partial charge in [0.1, 0.15) is 5.75 Å². The third kappa shape index (κ3) is 3.97. The number of nitrogens with one attached hydrogen (secondary N) is 1. The van der Waals surface area contributed by atoms with Crippen molar-refractivity contribution in [3.05, 3.63) is 64.0 Å². The van der Waals surface area contributed by atoms with E-state index in [1.807, 2.05) is 18.2 Å². The lowest BCUT2D eigenvalue weighted by molar-refractivity contribution is -0.122. The Morgan fingerprint density at radius 1 is 1.16 bits per heavy atom. The minimum absolute atomic E-state index is 0.0928. The molecule has 25 heavy (non-hydrogen) atoms. The molecule has 1 saturated heterocycles. The number of ether oxygens (including phenoxy) is 1. The fraction of sp³-hybridized carbons (Fsp3) is 0.111. The van der Waals surface area contributed by atoms with E-state index in [0.717, 1.165) is 23.0 Å². The van der Waals surface area contributed by atoms with Gasteiger partial charge in [0.15, 0.2) is 0 Å². The molecule has 1 aliphatic heterocycles. The highest BCUT2D eigenvalue weighted by Crippen LogP contribution is 2.33. The number of anilines is 1. The van der Waals surface area contributed by atoms with E-state index >= 15 is 0 Å². The summed E-state index contributed by atoms with van der Waals surface area (Å²) < 4.78 is 5.27. The number of carbonyl (C=O) groups excluding carboxylic acids is 2. The standard InChI is InChI=1S/C18H15ClN2O3S/c1-24-15-5-3-2-4-12(15)10-16-17(22)21(18(23)25-16)11-20-14-8-6-13(19)7-9-14/h2-10,20H,11H2,1H3/b16-10+. The van der Waals surface area contributed by atoms with Gasteiger partial charge in [-0.3, -0.25) is 14.5 Å². The largest absolute Gasteiger partial charge is 0.496 e. The van der Waals surface area contributed by atoms with Crippen LogP contribution in [-0.4, -0.2) is 29.8 Å². The molecule has 7 heteroatoms. The highest BCUT2D eigenvalue weighted by Gasteiger charge is 2.34. The van der Waals surface area contributed by atoms with Gasteiger partial charge in [-0.15, -0.1) is 0 Å². The van der Waals surface area contributed by atoms with Gasteiger partial charge < -0.3 is 10.1 Å². The van der Waals surface area contributed by atoms with E-state index in [1.54, 1.807) is 43.5 Å². The molecule has 0 radical (unpaired) electrons. The fourth-order valence-corrected chi connectivity index (χ4v) is 3.26. The smallest absolute Gasteiger partial charge is 0.295 e. The molecule has 0 unspecified atom stereocenters. The van der Waals surface area contributed by atoms with Gasteiger partial charge in [-0.1, -0.05) is 29.8 Å². The van der Waals surface area contributed by atoms with Crippen molar-refractivity contribution in [3.63, 3.8) is 0 Å². The Balaban J connectivity index is 1.73. The number of methoxy groups -OCH3 is 1. The van der Waals surface area contributed by atoms with Gasteiger partial charge in [-0.2, -0.15) is 0 Å². The Kier molecular flexibility index (Phi) is 5.31. The Labute approximate surface area is 154 Å². The minimum atomic E-state index is -0.331. The fourth-order valence-electron chi connectivity index (χ4n) is 2.30. The predicted molar refractivity (Wildman–Crippen MR) is 101 cm³/mol. The quantitative estimate of drug-likeness (QED) is 0.783. The van der Waals surface area contributed by atoms with Gasteiger partial charge >= 0.3 is 0 Å². The molecule has 128 valence electrons. The topological polar surface area (TPSA) is 58.6 Å². The lowest BCUT2D eigenvalue weighted by Crippen LogP contribution is -2.33. The zero-order chi connectivity index (χ0) is 17.8. The first-order valence-corrected chi connectivity index (χ1v) is 8.66. The van der Waals surface area contributed by atoms with Crippen LogP contribution in [0.4, 0.5) is 10.5 Å². The molecule has 0 spiro atoms. The van der Waals surface area contributed by atoms with Crippen molar-refractivity contribution in [1.29, 1.82) is 0 Å². The van der Waals surface area contributed by atoms with Gasteiger partial charge in [0.05, 0.1) is 18.7 Å². The second kappa shape index (κ2) is 7.63. The highest BCUT2D eigenvalue weighted by molar-refractivity contribution is 8.18. The summed E-state index contributed by atoms with van der Waals surface area (Å²) in [4.78, 5) is 26.2. The number of benzene rings is 2. The molecule has 2 amide bonds. The number of rotatable bonds is 5. The summed E-state index contributed by atoms with van der Waals surface area (Å²) in [5.41, 5.74) is 1.53. The zero-order valence-corrected chi connectivity index (χ0v) is 14.9. The molecule has 2 aromatic rings. The maximum Gasteiger partial charge on any atom is 0.295 e. The summed E-state index contributed by atoms with van der Waals surface area (Å²) in [6.45, 7) is 0.0928. The maximum absolute atomic E-state index is 12.5. The molecule has 1 heterocycles. The van der Waals surface area contributed by atoms with Gasteiger partial charge in [0.25, 0.3) is 11.1 Å². The molecular weight excluding hydrogens is 360 g/mol. The van der Waals surface area contributed by atoms with E-state index < -0.39 is 0 Å². The van der Waals surface area contributed by atoms with Crippen molar-refractivity contribution < 1.29 is 14.3 Å². The molecule has 0 aliphatic carbocycles. The van der Waals surface area contributed by atoms with E-state index in [4.69, 9.17) is 16.3 Å². The molecule has 1 fully saturated rings.